The standard InChI is InChI=1S/C20H28N2O4/c1-6-26-20(14(2)3)16-21(13-19(4,5)22(16)17(20)23)18(24)25-12-15-10-8-7-9-11-15/h7-11,14,16H,6,12-13H2,1-5H3/t16-,20+/m0/s1. The minimum absolute atomic E-state index is 0.0392. The van der Waals surface area contributed by atoms with Crippen LogP contribution in [0.5, 0.6) is 0 Å². The molecule has 26 heavy (non-hydrogen) atoms. The molecular weight excluding hydrogens is 332 g/mol. The largest absolute Gasteiger partial charge is 0.444 e. The van der Waals surface area contributed by atoms with Crippen molar-refractivity contribution in [2.24, 2.45) is 5.92 Å². The first kappa shape index (κ1) is 18.7. The third kappa shape index (κ3) is 2.67. The van der Waals surface area contributed by atoms with Gasteiger partial charge in [-0.25, -0.2) is 4.79 Å². The van der Waals surface area contributed by atoms with E-state index in [9.17, 15) is 9.59 Å². The number of carbonyl (C=O) groups is 2. The Balaban J connectivity index is 1.82. The Morgan fingerprint density at radius 3 is 2.50 bits per heavy atom. The van der Waals surface area contributed by atoms with Gasteiger partial charge in [0, 0.05) is 13.2 Å². The summed E-state index contributed by atoms with van der Waals surface area (Å²) in [6, 6.07) is 9.57. The van der Waals surface area contributed by atoms with E-state index in [4.69, 9.17) is 9.47 Å². The molecule has 6 nitrogen and oxygen atoms in total. The van der Waals surface area contributed by atoms with Gasteiger partial charge < -0.3 is 14.4 Å². The lowest BCUT2D eigenvalue weighted by molar-refractivity contribution is -0.230. The first-order chi connectivity index (χ1) is 12.3. The summed E-state index contributed by atoms with van der Waals surface area (Å²) >= 11 is 0. The van der Waals surface area contributed by atoms with Crippen LogP contribution in [0.2, 0.25) is 0 Å². The van der Waals surface area contributed by atoms with Gasteiger partial charge in [-0.1, -0.05) is 44.2 Å². The van der Waals surface area contributed by atoms with E-state index in [2.05, 4.69) is 0 Å². The molecule has 2 saturated heterocycles. The Labute approximate surface area is 155 Å². The predicted molar refractivity (Wildman–Crippen MR) is 97.2 cm³/mol. The first-order valence-corrected chi connectivity index (χ1v) is 9.20. The van der Waals surface area contributed by atoms with Crippen molar-refractivity contribution in [1.29, 1.82) is 0 Å². The van der Waals surface area contributed by atoms with E-state index < -0.39 is 23.4 Å². The van der Waals surface area contributed by atoms with Crippen molar-refractivity contribution in [3.05, 3.63) is 35.9 Å². The zero-order valence-electron chi connectivity index (χ0n) is 16.2. The fourth-order valence-electron chi connectivity index (χ4n) is 4.15. The highest BCUT2D eigenvalue weighted by Crippen LogP contribution is 2.50. The molecule has 0 spiro atoms. The molecule has 2 aliphatic heterocycles. The van der Waals surface area contributed by atoms with Crippen LogP contribution in [0.1, 0.15) is 40.2 Å². The molecule has 0 saturated carbocycles. The number of hydrogen-bond acceptors (Lipinski definition) is 4. The summed E-state index contributed by atoms with van der Waals surface area (Å²) in [7, 11) is 0. The van der Waals surface area contributed by atoms with E-state index in [0.29, 0.717) is 13.2 Å². The molecule has 3 rings (SSSR count). The SMILES string of the molecule is CCO[C@@]1(C(C)C)C(=O)N2[C@@H]1N(C(=O)OCc1ccccc1)CC2(C)C. The molecule has 1 aromatic rings. The van der Waals surface area contributed by atoms with E-state index in [1.807, 2.05) is 65.0 Å². The van der Waals surface area contributed by atoms with Crippen molar-refractivity contribution >= 4 is 12.0 Å². The molecule has 6 heteroatoms. The van der Waals surface area contributed by atoms with Crippen LogP contribution in [0.15, 0.2) is 30.3 Å². The number of fused-ring (bicyclic) bond motifs is 1. The topological polar surface area (TPSA) is 59.1 Å². The summed E-state index contributed by atoms with van der Waals surface area (Å²) in [4.78, 5) is 29.2. The van der Waals surface area contributed by atoms with Crippen molar-refractivity contribution in [2.75, 3.05) is 13.2 Å². The molecule has 2 aliphatic rings. The Hall–Kier alpha value is -2.08. The molecule has 0 aliphatic carbocycles. The highest BCUT2D eigenvalue weighted by atomic mass is 16.6. The van der Waals surface area contributed by atoms with Gasteiger partial charge in [-0.05, 0) is 32.3 Å². The van der Waals surface area contributed by atoms with Crippen LogP contribution in [0.3, 0.4) is 0 Å². The lowest BCUT2D eigenvalue weighted by Crippen LogP contribution is -2.80. The minimum atomic E-state index is -0.992. The molecule has 1 aromatic carbocycles. The number of nitrogens with zero attached hydrogens (tertiary/aromatic N) is 2. The number of rotatable bonds is 5. The Morgan fingerprint density at radius 2 is 1.92 bits per heavy atom. The highest BCUT2D eigenvalue weighted by Gasteiger charge is 2.73. The smallest absolute Gasteiger partial charge is 0.411 e. The second kappa shape index (κ2) is 6.58. The van der Waals surface area contributed by atoms with E-state index in [1.165, 1.54) is 0 Å². The lowest BCUT2D eigenvalue weighted by atomic mass is 9.76. The van der Waals surface area contributed by atoms with Gasteiger partial charge in [-0.15, -0.1) is 0 Å². The van der Waals surface area contributed by atoms with Crippen molar-refractivity contribution in [1.82, 2.24) is 9.80 Å². The molecule has 142 valence electrons. The number of carbonyl (C=O) groups excluding carboxylic acids is 2. The summed E-state index contributed by atoms with van der Waals surface area (Å²) < 4.78 is 11.5. The summed E-state index contributed by atoms with van der Waals surface area (Å²) in [5.74, 6) is -0.0859. The van der Waals surface area contributed by atoms with Crippen molar-refractivity contribution < 1.29 is 19.1 Å². The summed E-state index contributed by atoms with van der Waals surface area (Å²) in [6.07, 6.45) is -0.833. The van der Waals surface area contributed by atoms with E-state index >= 15 is 0 Å². The van der Waals surface area contributed by atoms with Gasteiger partial charge in [0.1, 0.15) is 12.8 Å². The molecule has 0 unspecified atom stereocenters. The van der Waals surface area contributed by atoms with Gasteiger partial charge in [0.15, 0.2) is 5.60 Å². The van der Waals surface area contributed by atoms with Crippen LogP contribution < -0.4 is 0 Å². The molecule has 0 N–H and O–H groups in total. The number of hydrogen-bond donors (Lipinski definition) is 0. The van der Waals surface area contributed by atoms with Crippen LogP contribution in [0, 0.1) is 5.92 Å². The maximum absolute atomic E-state index is 13.0. The van der Waals surface area contributed by atoms with Crippen LogP contribution in [0.25, 0.3) is 0 Å². The zero-order valence-corrected chi connectivity index (χ0v) is 16.2. The first-order valence-electron chi connectivity index (χ1n) is 9.20. The average molecular weight is 360 g/mol. The van der Waals surface area contributed by atoms with Gasteiger partial charge in [0.05, 0.1) is 5.54 Å². The van der Waals surface area contributed by atoms with Crippen LogP contribution in [0.4, 0.5) is 4.79 Å². The Bertz CT molecular complexity index is 688. The average Bonchev–Trinajstić information content (AvgIpc) is 2.86. The normalized spacial score (nSPS) is 26.7. The van der Waals surface area contributed by atoms with Crippen LogP contribution in [-0.2, 0) is 20.9 Å². The number of ether oxygens (including phenoxy) is 2. The van der Waals surface area contributed by atoms with E-state index in [-0.39, 0.29) is 18.4 Å². The number of amides is 2. The van der Waals surface area contributed by atoms with Gasteiger partial charge >= 0.3 is 6.09 Å². The maximum atomic E-state index is 13.0. The summed E-state index contributed by atoms with van der Waals surface area (Å²) in [5.41, 5.74) is -0.502. The third-order valence-corrected chi connectivity index (χ3v) is 5.37. The molecule has 2 fully saturated rings. The van der Waals surface area contributed by atoms with Crippen molar-refractivity contribution in [2.45, 2.75) is 58.5 Å². The summed E-state index contributed by atoms with van der Waals surface area (Å²) in [6.45, 7) is 10.8. The second-order valence-electron chi connectivity index (χ2n) is 7.91. The molecule has 0 bridgehead atoms. The summed E-state index contributed by atoms with van der Waals surface area (Å²) in [5, 5.41) is 0. The van der Waals surface area contributed by atoms with Crippen LogP contribution >= 0.6 is 0 Å². The molecule has 2 heterocycles. The van der Waals surface area contributed by atoms with Gasteiger partial charge in [-0.2, -0.15) is 0 Å². The lowest BCUT2D eigenvalue weighted by Gasteiger charge is -2.58. The third-order valence-electron chi connectivity index (χ3n) is 5.37. The fraction of sp³-hybridized carbons (Fsp3) is 0.600. The van der Waals surface area contributed by atoms with Gasteiger partial charge in [0.25, 0.3) is 5.91 Å². The predicted octanol–water partition coefficient (Wildman–Crippen LogP) is 3.02. The number of benzene rings is 1. The second-order valence-corrected chi connectivity index (χ2v) is 7.91. The van der Waals surface area contributed by atoms with Crippen molar-refractivity contribution in [3.63, 3.8) is 0 Å². The Kier molecular flexibility index (Phi) is 4.73. The molecule has 2 amide bonds. The monoisotopic (exact) mass is 360 g/mol. The highest BCUT2D eigenvalue weighted by molar-refractivity contribution is 5.96. The quantitative estimate of drug-likeness (QED) is 0.758. The molecular formula is C20H28N2O4. The maximum Gasteiger partial charge on any atom is 0.411 e. The number of β-lactam (4-membered cyclic amide) rings is 1. The van der Waals surface area contributed by atoms with Gasteiger partial charge in [0.2, 0.25) is 0 Å². The molecule has 2 atom stereocenters. The molecule has 0 radical (unpaired) electrons. The van der Waals surface area contributed by atoms with Gasteiger partial charge in [-0.3, -0.25) is 9.69 Å². The zero-order chi connectivity index (χ0) is 19.1. The Morgan fingerprint density at radius 1 is 1.27 bits per heavy atom. The van der Waals surface area contributed by atoms with Crippen molar-refractivity contribution in [3.8, 4) is 0 Å². The van der Waals surface area contributed by atoms with Crippen LogP contribution in [-0.4, -0.2) is 52.3 Å². The fourth-order valence-corrected chi connectivity index (χ4v) is 4.15. The van der Waals surface area contributed by atoms with E-state index in [1.54, 1.807) is 9.80 Å². The minimum Gasteiger partial charge on any atom is -0.444 e. The molecule has 0 aromatic heterocycles. The van der Waals surface area contributed by atoms with E-state index in [0.717, 1.165) is 5.56 Å².